The minimum Gasteiger partial charge on any atom is -0.447 e. The molecular weight excluding hydrogens is 661 g/mol. The molecular formula is C38H35ClFN5O5. The normalized spacial score (nSPS) is 11.4. The number of ketones is 1. The van der Waals surface area contributed by atoms with Crippen LogP contribution in [0.15, 0.2) is 109 Å². The highest BCUT2D eigenvalue weighted by molar-refractivity contribution is 6.31. The predicted molar refractivity (Wildman–Crippen MR) is 189 cm³/mol. The van der Waals surface area contributed by atoms with Crippen molar-refractivity contribution in [2.75, 3.05) is 18.5 Å². The smallest absolute Gasteiger partial charge is 0.412 e. The van der Waals surface area contributed by atoms with E-state index in [1.54, 1.807) is 66.9 Å². The van der Waals surface area contributed by atoms with Gasteiger partial charge in [0.2, 0.25) is 5.91 Å². The number of hydrogen-bond acceptors (Lipinski definition) is 7. The number of aromatic nitrogens is 1. The summed E-state index contributed by atoms with van der Waals surface area (Å²) in [6, 6.07) is 28.3. The summed E-state index contributed by atoms with van der Waals surface area (Å²) in [5.74, 6) is -1.14. The van der Waals surface area contributed by atoms with Gasteiger partial charge in [-0.25, -0.2) is 19.6 Å². The highest BCUT2D eigenvalue weighted by atomic mass is 35.5. The van der Waals surface area contributed by atoms with Gasteiger partial charge in [0, 0.05) is 48.3 Å². The van der Waals surface area contributed by atoms with Gasteiger partial charge in [-0.3, -0.25) is 24.7 Å². The molecule has 3 amide bonds. The lowest BCUT2D eigenvalue weighted by atomic mass is 10.0. The molecule has 5 rings (SSSR count). The molecule has 0 aliphatic carbocycles. The van der Waals surface area contributed by atoms with Gasteiger partial charge in [-0.15, -0.1) is 0 Å². The molecule has 0 aliphatic heterocycles. The van der Waals surface area contributed by atoms with E-state index in [4.69, 9.17) is 16.3 Å². The van der Waals surface area contributed by atoms with Gasteiger partial charge >= 0.3 is 6.09 Å². The number of fused-ring (bicyclic) bond motifs is 1. The second-order valence-corrected chi connectivity index (χ2v) is 11.8. The Morgan fingerprint density at radius 3 is 2.28 bits per heavy atom. The molecule has 256 valence electrons. The Morgan fingerprint density at radius 2 is 1.54 bits per heavy atom. The van der Waals surface area contributed by atoms with Gasteiger partial charge in [0.05, 0.1) is 11.1 Å². The maximum Gasteiger partial charge on any atom is 0.412 e. The van der Waals surface area contributed by atoms with Gasteiger partial charge < -0.3 is 10.1 Å². The van der Waals surface area contributed by atoms with Gasteiger partial charge in [-0.2, -0.15) is 0 Å². The molecule has 50 heavy (non-hydrogen) atoms. The van der Waals surface area contributed by atoms with Crippen molar-refractivity contribution in [3.63, 3.8) is 0 Å². The number of nitrogens with zero attached hydrogens (tertiary/aromatic N) is 2. The van der Waals surface area contributed by atoms with Crippen molar-refractivity contribution in [1.82, 2.24) is 20.7 Å². The number of carbonyl (C=O) groups is 4. The van der Waals surface area contributed by atoms with E-state index in [2.05, 4.69) is 21.0 Å². The maximum atomic E-state index is 14.1. The number of hydrogen-bond donors (Lipinski definition) is 3. The van der Waals surface area contributed by atoms with Gasteiger partial charge in [0.25, 0.3) is 5.91 Å². The van der Waals surface area contributed by atoms with Crippen LogP contribution in [0.1, 0.15) is 51.6 Å². The van der Waals surface area contributed by atoms with E-state index in [9.17, 15) is 23.6 Å². The molecule has 0 aliphatic rings. The van der Waals surface area contributed by atoms with E-state index in [-0.39, 0.29) is 42.3 Å². The molecule has 0 unspecified atom stereocenters. The van der Waals surface area contributed by atoms with Gasteiger partial charge in [-0.1, -0.05) is 90.5 Å². The first-order valence-electron chi connectivity index (χ1n) is 15.9. The first-order chi connectivity index (χ1) is 24.2. The number of anilines is 1. The van der Waals surface area contributed by atoms with Crippen LogP contribution in [0.5, 0.6) is 0 Å². The number of amides is 3. The Labute approximate surface area is 293 Å². The fourth-order valence-electron chi connectivity index (χ4n) is 5.28. The quantitative estimate of drug-likeness (QED) is 0.0652. The average Bonchev–Trinajstić information content (AvgIpc) is 3.13. The van der Waals surface area contributed by atoms with Crippen LogP contribution in [0.3, 0.4) is 0 Å². The van der Waals surface area contributed by atoms with Crippen LogP contribution < -0.4 is 16.1 Å². The standard InChI is InChI=1S/C38H35ClFN5O5/c1-25(46)45(43-23-31-13-7-15-33(40)35(31)39)32(24-50-38(49)44-34-21-29-11-5-6-12-30(29)22-42-34)14-8-20-41-37(48)28-18-16-27(17-19-28)36(47)26-9-3-2-4-10-26/h2-7,9-13,15-19,21-22,32,43H,8,14,20,23-24H2,1H3,(H,41,48)(H,42,44,49)/t32-/m0/s1. The third-order valence-electron chi connectivity index (χ3n) is 7.89. The fraction of sp³-hybridized carbons (Fsp3) is 0.184. The first kappa shape index (κ1) is 35.7. The summed E-state index contributed by atoms with van der Waals surface area (Å²) in [5, 5.41) is 8.51. The summed E-state index contributed by atoms with van der Waals surface area (Å²) in [5.41, 5.74) is 4.83. The molecule has 0 saturated carbocycles. The number of rotatable bonds is 14. The Morgan fingerprint density at radius 1 is 0.860 bits per heavy atom. The van der Waals surface area contributed by atoms with Crippen LogP contribution in [-0.2, 0) is 16.1 Å². The van der Waals surface area contributed by atoms with Crippen molar-refractivity contribution in [2.24, 2.45) is 0 Å². The Balaban J connectivity index is 1.20. The topological polar surface area (TPSA) is 130 Å². The number of benzene rings is 4. The average molecular weight is 696 g/mol. The van der Waals surface area contributed by atoms with E-state index < -0.39 is 18.0 Å². The van der Waals surface area contributed by atoms with Crippen molar-refractivity contribution in [3.05, 3.63) is 142 Å². The Hall–Kier alpha value is -5.65. The maximum absolute atomic E-state index is 14.1. The summed E-state index contributed by atoms with van der Waals surface area (Å²) in [6.07, 6.45) is 1.59. The van der Waals surface area contributed by atoms with Crippen LogP contribution in [0.2, 0.25) is 5.02 Å². The molecule has 1 heterocycles. The van der Waals surface area contributed by atoms with E-state index in [0.717, 1.165) is 10.8 Å². The summed E-state index contributed by atoms with van der Waals surface area (Å²) in [4.78, 5) is 55.4. The van der Waals surface area contributed by atoms with Crippen molar-refractivity contribution < 1.29 is 28.3 Å². The largest absolute Gasteiger partial charge is 0.447 e. The second-order valence-electron chi connectivity index (χ2n) is 11.4. The molecule has 0 fully saturated rings. The molecule has 10 nitrogen and oxygen atoms in total. The number of nitrogens with one attached hydrogen (secondary N) is 3. The van der Waals surface area contributed by atoms with Gasteiger partial charge in [-0.05, 0) is 48.1 Å². The van der Waals surface area contributed by atoms with Crippen molar-refractivity contribution in [1.29, 1.82) is 0 Å². The van der Waals surface area contributed by atoms with E-state index in [1.165, 1.54) is 24.1 Å². The zero-order valence-corrected chi connectivity index (χ0v) is 28.0. The molecule has 0 spiro atoms. The molecule has 5 aromatic rings. The van der Waals surface area contributed by atoms with Gasteiger partial charge in [0.1, 0.15) is 18.2 Å². The lowest BCUT2D eigenvalue weighted by Gasteiger charge is -2.31. The minimum atomic E-state index is -0.767. The van der Waals surface area contributed by atoms with Crippen molar-refractivity contribution in [2.45, 2.75) is 32.4 Å². The zero-order chi connectivity index (χ0) is 35.5. The highest BCUT2D eigenvalue weighted by Gasteiger charge is 2.24. The van der Waals surface area contributed by atoms with E-state index >= 15 is 0 Å². The number of ether oxygens (including phenoxy) is 1. The SMILES string of the molecule is CC(=O)N(NCc1cccc(F)c1Cl)[C@@H](CCCNC(=O)c1ccc(C(=O)c2ccccc2)cc1)COC(=O)Nc1cc2ccccc2cn1. The van der Waals surface area contributed by atoms with Crippen LogP contribution >= 0.6 is 11.6 Å². The third-order valence-corrected chi connectivity index (χ3v) is 8.31. The summed E-state index contributed by atoms with van der Waals surface area (Å²) < 4.78 is 19.6. The number of pyridine rings is 1. The van der Waals surface area contributed by atoms with Crippen LogP contribution in [-0.4, -0.2) is 52.9 Å². The fourth-order valence-corrected chi connectivity index (χ4v) is 5.47. The molecule has 3 N–H and O–H groups in total. The molecule has 4 aromatic carbocycles. The van der Waals surface area contributed by atoms with Crippen molar-refractivity contribution >= 4 is 51.9 Å². The van der Waals surface area contributed by atoms with Crippen molar-refractivity contribution in [3.8, 4) is 0 Å². The lowest BCUT2D eigenvalue weighted by molar-refractivity contribution is -0.136. The highest BCUT2D eigenvalue weighted by Crippen LogP contribution is 2.20. The third kappa shape index (κ3) is 9.49. The van der Waals surface area contributed by atoms with Crippen LogP contribution in [0.4, 0.5) is 15.0 Å². The van der Waals surface area contributed by atoms with Crippen LogP contribution in [0, 0.1) is 5.82 Å². The minimum absolute atomic E-state index is 0.0272. The number of halogens is 2. The summed E-state index contributed by atoms with van der Waals surface area (Å²) in [7, 11) is 0. The zero-order valence-electron chi connectivity index (χ0n) is 27.2. The van der Waals surface area contributed by atoms with Gasteiger partial charge in [0.15, 0.2) is 5.78 Å². The Bertz CT molecular complexity index is 1980. The molecule has 0 radical (unpaired) electrons. The van der Waals surface area contributed by atoms with E-state index in [1.807, 2.05) is 30.3 Å². The monoisotopic (exact) mass is 695 g/mol. The molecule has 0 bridgehead atoms. The van der Waals surface area contributed by atoms with Crippen LogP contribution in [0.25, 0.3) is 10.8 Å². The molecule has 0 saturated heterocycles. The lowest BCUT2D eigenvalue weighted by Crippen LogP contribution is -2.50. The molecule has 1 atom stereocenters. The molecule has 1 aromatic heterocycles. The Kier molecular flexibility index (Phi) is 12.2. The summed E-state index contributed by atoms with van der Waals surface area (Å²) in [6.45, 7) is 1.42. The van der Waals surface area contributed by atoms with E-state index in [0.29, 0.717) is 40.9 Å². The molecule has 12 heteroatoms. The summed E-state index contributed by atoms with van der Waals surface area (Å²) >= 11 is 6.13. The second kappa shape index (κ2) is 17.1. The number of carbonyl (C=O) groups excluding carboxylic acids is 4. The predicted octanol–water partition coefficient (Wildman–Crippen LogP) is 6.94. The first-order valence-corrected chi connectivity index (χ1v) is 16.3. The number of hydrazine groups is 1.